The molecule has 0 saturated carbocycles. The van der Waals surface area contributed by atoms with Crippen molar-refractivity contribution in [2.45, 2.75) is 117 Å². The molecule has 0 heterocycles. The first-order chi connectivity index (χ1) is 19.2. The van der Waals surface area contributed by atoms with Gasteiger partial charge in [0.25, 0.3) is 0 Å². The Balaban J connectivity index is 0.000000415. The number of hydrogen-bond donors (Lipinski definition) is 1. The van der Waals surface area contributed by atoms with Gasteiger partial charge in [-0.05, 0) is 56.0 Å². The molecule has 0 atom stereocenters. The van der Waals surface area contributed by atoms with Crippen molar-refractivity contribution < 1.29 is 14.3 Å². The standard InChI is InChI=1S/C22H48N.C12H7Cl3O2/c1-5-7-9-11-13-15-17-19-21-23(3,4)22-20-18-16-14-12-10-8-6-2;13-7-1-3-11(9(15)5-7)17-12-4-2-8(14)6-10(12)16/h5-22H2,1-4H3;1-6,16H/q+1;. The SMILES string of the molecule is CCCCCCCCCC[N+](C)(C)CCCCCCCCCC.Oc1cc(Cl)ccc1Oc1ccc(Cl)cc1Cl. The highest BCUT2D eigenvalue weighted by Gasteiger charge is 2.13. The van der Waals surface area contributed by atoms with Crippen molar-refractivity contribution in [3.63, 3.8) is 0 Å². The Hall–Kier alpha value is -1.13. The van der Waals surface area contributed by atoms with Crippen molar-refractivity contribution in [2.24, 2.45) is 0 Å². The van der Waals surface area contributed by atoms with Gasteiger partial charge in [-0.2, -0.15) is 0 Å². The lowest BCUT2D eigenvalue weighted by Gasteiger charge is -2.30. The molecule has 1 N–H and O–H groups in total. The van der Waals surface area contributed by atoms with Crippen molar-refractivity contribution in [1.82, 2.24) is 0 Å². The molecule has 6 heteroatoms. The van der Waals surface area contributed by atoms with E-state index in [0.717, 1.165) is 0 Å². The minimum atomic E-state index is -0.0523. The van der Waals surface area contributed by atoms with E-state index in [1.165, 1.54) is 126 Å². The lowest BCUT2D eigenvalue weighted by Crippen LogP contribution is -2.41. The van der Waals surface area contributed by atoms with E-state index in [-0.39, 0.29) is 11.5 Å². The van der Waals surface area contributed by atoms with E-state index in [4.69, 9.17) is 39.5 Å². The smallest absolute Gasteiger partial charge is 0.169 e. The van der Waals surface area contributed by atoms with Crippen LogP contribution in [0.15, 0.2) is 36.4 Å². The molecule has 2 aromatic rings. The summed E-state index contributed by atoms with van der Waals surface area (Å²) < 4.78 is 6.69. The van der Waals surface area contributed by atoms with Crippen LogP contribution >= 0.6 is 34.8 Å². The van der Waals surface area contributed by atoms with Gasteiger partial charge in [0.15, 0.2) is 11.5 Å². The number of phenols is 1. The molecule has 0 saturated heterocycles. The second kappa shape index (κ2) is 22.5. The van der Waals surface area contributed by atoms with Gasteiger partial charge in [-0.25, -0.2) is 0 Å². The van der Waals surface area contributed by atoms with E-state index >= 15 is 0 Å². The quantitative estimate of drug-likeness (QED) is 0.119. The van der Waals surface area contributed by atoms with Gasteiger partial charge in [-0.3, -0.25) is 0 Å². The average molecular weight is 616 g/mol. The van der Waals surface area contributed by atoms with Crippen molar-refractivity contribution >= 4 is 34.8 Å². The Morgan fingerprint density at radius 2 is 0.975 bits per heavy atom. The summed E-state index contributed by atoms with van der Waals surface area (Å²) in [6, 6.07) is 9.39. The second-order valence-electron chi connectivity index (χ2n) is 11.6. The molecule has 0 aliphatic heterocycles. The minimum absolute atomic E-state index is 0.0523. The number of phenolic OH excluding ortho intramolecular Hbond substituents is 1. The summed E-state index contributed by atoms with van der Waals surface area (Å²) >= 11 is 17.4. The third-order valence-corrected chi connectivity index (χ3v) is 8.03. The van der Waals surface area contributed by atoms with Crippen LogP contribution in [0.5, 0.6) is 17.2 Å². The molecule has 228 valence electrons. The monoisotopic (exact) mass is 614 g/mol. The topological polar surface area (TPSA) is 29.5 Å². The van der Waals surface area contributed by atoms with Crippen LogP contribution in [-0.2, 0) is 0 Å². The highest BCUT2D eigenvalue weighted by Crippen LogP contribution is 2.36. The van der Waals surface area contributed by atoms with Gasteiger partial charge >= 0.3 is 0 Å². The normalized spacial score (nSPS) is 11.3. The Bertz CT molecular complexity index is 849. The number of quaternary nitrogens is 1. The van der Waals surface area contributed by atoms with Crippen LogP contribution in [0, 0.1) is 0 Å². The number of ether oxygens (including phenoxy) is 1. The summed E-state index contributed by atoms with van der Waals surface area (Å²) in [5.74, 6) is 0.635. The third kappa shape index (κ3) is 18.3. The Morgan fingerprint density at radius 3 is 1.40 bits per heavy atom. The van der Waals surface area contributed by atoms with Crippen LogP contribution in [-0.4, -0.2) is 36.8 Å². The maximum Gasteiger partial charge on any atom is 0.169 e. The van der Waals surface area contributed by atoms with Gasteiger partial charge < -0.3 is 14.3 Å². The van der Waals surface area contributed by atoms with Crippen molar-refractivity contribution in [3.05, 3.63) is 51.5 Å². The fourth-order valence-electron chi connectivity index (χ4n) is 4.71. The van der Waals surface area contributed by atoms with Crippen LogP contribution < -0.4 is 4.74 Å². The first-order valence-electron chi connectivity index (χ1n) is 15.6. The summed E-state index contributed by atoms with van der Waals surface area (Å²) in [4.78, 5) is 0. The lowest BCUT2D eigenvalue weighted by atomic mass is 10.1. The van der Waals surface area contributed by atoms with E-state index in [0.29, 0.717) is 20.8 Å². The lowest BCUT2D eigenvalue weighted by molar-refractivity contribution is -0.890. The molecule has 0 aromatic heterocycles. The number of nitrogens with zero attached hydrogens (tertiary/aromatic N) is 1. The fourth-order valence-corrected chi connectivity index (χ4v) is 5.33. The maximum absolute atomic E-state index is 9.62. The zero-order chi connectivity index (χ0) is 29.6. The first-order valence-corrected chi connectivity index (χ1v) is 16.7. The molecule has 0 bridgehead atoms. The van der Waals surface area contributed by atoms with Gasteiger partial charge in [-0.15, -0.1) is 0 Å². The van der Waals surface area contributed by atoms with E-state index < -0.39 is 0 Å². The molecule has 0 fully saturated rings. The minimum Gasteiger partial charge on any atom is -0.504 e. The fraction of sp³-hybridized carbons (Fsp3) is 0.647. The summed E-state index contributed by atoms with van der Waals surface area (Å²) in [6.45, 7) is 7.36. The van der Waals surface area contributed by atoms with Gasteiger partial charge in [0.2, 0.25) is 0 Å². The van der Waals surface area contributed by atoms with Crippen molar-refractivity contribution in [2.75, 3.05) is 27.2 Å². The Labute approximate surface area is 260 Å². The van der Waals surface area contributed by atoms with Gasteiger partial charge in [0.1, 0.15) is 5.75 Å². The van der Waals surface area contributed by atoms with Crippen molar-refractivity contribution in [3.8, 4) is 17.2 Å². The Kier molecular flexibility index (Phi) is 20.7. The molecular weight excluding hydrogens is 561 g/mol. The largest absolute Gasteiger partial charge is 0.504 e. The number of benzene rings is 2. The molecule has 0 aliphatic carbocycles. The first kappa shape index (κ1) is 36.9. The summed E-state index contributed by atoms with van der Waals surface area (Å²) in [5, 5.41) is 10.9. The van der Waals surface area contributed by atoms with E-state index in [1.54, 1.807) is 30.3 Å². The molecule has 0 radical (unpaired) electrons. The van der Waals surface area contributed by atoms with Crippen LogP contribution in [0.25, 0.3) is 0 Å². The van der Waals surface area contributed by atoms with E-state index in [1.807, 2.05) is 0 Å². The number of rotatable bonds is 20. The average Bonchev–Trinajstić information content (AvgIpc) is 2.90. The number of aromatic hydroxyl groups is 1. The Morgan fingerprint density at radius 1 is 0.575 bits per heavy atom. The summed E-state index contributed by atoms with van der Waals surface area (Å²) in [7, 11) is 4.87. The third-order valence-electron chi connectivity index (χ3n) is 7.27. The number of halogens is 3. The molecule has 0 amide bonds. The van der Waals surface area contributed by atoms with Gasteiger partial charge in [0.05, 0.1) is 32.2 Å². The zero-order valence-electron chi connectivity index (χ0n) is 25.6. The highest BCUT2D eigenvalue weighted by atomic mass is 35.5. The van der Waals surface area contributed by atoms with Crippen LogP contribution in [0.4, 0.5) is 0 Å². The highest BCUT2D eigenvalue weighted by molar-refractivity contribution is 6.35. The molecule has 40 heavy (non-hydrogen) atoms. The molecule has 0 spiro atoms. The molecule has 0 aliphatic rings. The van der Waals surface area contributed by atoms with Crippen LogP contribution in [0.3, 0.4) is 0 Å². The maximum atomic E-state index is 9.62. The molecule has 0 unspecified atom stereocenters. The van der Waals surface area contributed by atoms with E-state index in [9.17, 15) is 5.11 Å². The molecular formula is C34H55Cl3NO2+. The number of hydrogen-bond acceptors (Lipinski definition) is 2. The van der Waals surface area contributed by atoms with Gasteiger partial charge in [0, 0.05) is 16.1 Å². The predicted octanol–water partition coefficient (Wildman–Crippen LogP) is 12.5. The second-order valence-corrected chi connectivity index (χ2v) is 12.9. The van der Waals surface area contributed by atoms with Gasteiger partial charge in [-0.1, -0.05) is 126 Å². The van der Waals surface area contributed by atoms with Crippen molar-refractivity contribution in [1.29, 1.82) is 0 Å². The summed E-state index contributed by atoms with van der Waals surface area (Å²) in [6.07, 6.45) is 23.0. The predicted molar refractivity (Wildman–Crippen MR) is 177 cm³/mol. The number of unbranched alkanes of at least 4 members (excludes halogenated alkanes) is 14. The molecule has 2 aromatic carbocycles. The zero-order valence-corrected chi connectivity index (χ0v) is 27.9. The molecule has 3 nitrogen and oxygen atoms in total. The van der Waals surface area contributed by atoms with Crippen LogP contribution in [0.1, 0.15) is 117 Å². The van der Waals surface area contributed by atoms with Crippen LogP contribution in [0.2, 0.25) is 15.1 Å². The molecule has 2 rings (SSSR count). The van der Waals surface area contributed by atoms with E-state index in [2.05, 4.69) is 27.9 Å². The summed E-state index contributed by atoms with van der Waals surface area (Å²) in [5.41, 5.74) is 0.